The minimum atomic E-state index is -4.47. The van der Waals surface area contributed by atoms with E-state index in [1.807, 2.05) is 0 Å². The second kappa shape index (κ2) is 5.74. The monoisotopic (exact) mass is 305 g/mol. The number of rotatable bonds is 4. The topological polar surface area (TPSA) is 37.8 Å². The van der Waals surface area contributed by atoms with E-state index in [4.69, 9.17) is 0 Å². The third-order valence-corrected chi connectivity index (χ3v) is 3.39. The van der Waals surface area contributed by atoms with E-state index in [1.54, 1.807) is 19.1 Å². The number of nitrogens with zero attached hydrogens (tertiary/aromatic N) is 2. The summed E-state index contributed by atoms with van der Waals surface area (Å²) in [6.45, 7) is 1.80. The summed E-state index contributed by atoms with van der Waals surface area (Å²) in [4.78, 5) is 0. The van der Waals surface area contributed by atoms with Gasteiger partial charge in [0.1, 0.15) is 5.82 Å². The lowest BCUT2D eigenvalue weighted by Gasteiger charge is -2.12. The molecule has 0 saturated carbocycles. The molecule has 20 heavy (non-hydrogen) atoms. The van der Waals surface area contributed by atoms with Gasteiger partial charge in [0.05, 0.1) is 0 Å². The van der Waals surface area contributed by atoms with Gasteiger partial charge < -0.3 is 5.32 Å². The van der Waals surface area contributed by atoms with Crippen LogP contribution in [0.3, 0.4) is 0 Å². The zero-order valence-electron chi connectivity index (χ0n) is 10.4. The van der Waals surface area contributed by atoms with E-state index < -0.39 is 11.2 Å². The molecular formula is C12H11F4N3S. The van der Waals surface area contributed by atoms with Gasteiger partial charge in [-0.3, -0.25) is 0 Å². The van der Waals surface area contributed by atoms with Gasteiger partial charge in [0.25, 0.3) is 0 Å². The summed E-state index contributed by atoms with van der Waals surface area (Å²) in [5.41, 5.74) is 0.881. The lowest BCUT2D eigenvalue weighted by atomic mass is 10.1. The molecule has 0 aliphatic rings. The molecule has 1 aromatic carbocycles. The Morgan fingerprint density at radius 2 is 1.85 bits per heavy atom. The molecule has 108 valence electrons. The van der Waals surface area contributed by atoms with Crippen molar-refractivity contribution in [1.29, 1.82) is 0 Å². The average Bonchev–Trinajstić information content (AvgIpc) is 2.80. The van der Waals surface area contributed by atoms with Gasteiger partial charge in [-0.25, -0.2) is 4.39 Å². The Bertz CT molecular complexity index is 565. The standard InChI is InChI=1S/C12H11F4N3S/c1-7(6-8-2-4-9(13)5-3-8)17-11-19-18-10(20-11)12(14,15)16/h2-5,7H,6H2,1H3,(H,17,19). The summed E-state index contributed by atoms with van der Waals surface area (Å²) in [6, 6.07) is 5.81. The summed E-state index contributed by atoms with van der Waals surface area (Å²) in [6.07, 6.45) is -3.93. The Labute approximate surface area is 116 Å². The highest BCUT2D eigenvalue weighted by Gasteiger charge is 2.35. The molecule has 1 aromatic heterocycles. The molecule has 0 aliphatic heterocycles. The van der Waals surface area contributed by atoms with Gasteiger partial charge in [0, 0.05) is 6.04 Å². The molecule has 0 spiro atoms. The molecule has 1 unspecified atom stereocenters. The number of halogens is 4. The zero-order valence-corrected chi connectivity index (χ0v) is 11.2. The molecular weight excluding hydrogens is 294 g/mol. The Morgan fingerprint density at radius 3 is 2.40 bits per heavy atom. The van der Waals surface area contributed by atoms with Gasteiger partial charge in [-0.2, -0.15) is 13.2 Å². The van der Waals surface area contributed by atoms with Crippen molar-refractivity contribution < 1.29 is 17.6 Å². The third kappa shape index (κ3) is 3.89. The Morgan fingerprint density at radius 1 is 1.20 bits per heavy atom. The summed E-state index contributed by atoms with van der Waals surface area (Å²) in [7, 11) is 0. The van der Waals surface area contributed by atoms with Gasteiger partial charge in [-0.15, -0.1) is 10.2 Å². The highest BCUT2D eigenvalue weighted by atomic mass is 32.1. The number of alkyl halides is 3. The van der Waals surface area contributed by atoms with Crippen molar-refractivity contribution in [3.63, 3.8) is 0 Å². The molecule has 8 heteroatoms. The minimum absolute atomic E-state index is 0.118. The molecule has 1 N–H and O–H groups in total. The molecule has 1 heterocycles. The number of aromatic nitrogens is 2. The first-order valence-electron chi connectivity index (χ1n) is 5.76. The number of anilines is 1. The van der Waals surface area contributed by atoms with Gasteiger partial charge in [0.15, 0.2) is 0 Å². The smallest absolute Gasteiger partial charge is 0.357 e. The van der Waals surface area contributed by atoms with Gasteiger partial charge >= 0.3 is 6.18 Å². The maximum atomic E-state index is 12.7. The lowest BCUT2D eigenvalue weighted by molar-refractivity contribution is -0.138. The van der Waals surface area contributed by atoms with E-state index in [-0.39, 0.29) is 17.0 Å². The molecule has 2 aromatic rings. The fourth-order valence-corrected chi connectivity index (χ4v) is 2.35. The van der Waals surface area contributed by atoms with Crippen LogP contribution in [0, 0.1) is 5.82 Å². The second-order valence-corrected chi connectivity index (χ2v) is 5.26. The van der Waals surface area contributed by atoms with Crippen molar-refractivity contribution in [2.45, 2.75) is 25.6 Å². The van der Waals surface area contributed by atoms with Gasteiger partial charge in [-0.1, -0.05) is 23.5 Å². The summed E-state index contributed by atoms with van der Waals surface area (Å²) >= 11 is 0.463. The predicted molar refractivity (Wildman–Crippen MR) is 68.1 cm³/mol. The van der Waals surface area contributed by atoms with Crippen molar-refractivity contribution in [1.82, 2.24) is 10.2 Å². The predicted octanol–water partition coefficient (Wildman–Crippen LogP) is 3.74. The van der Waals surface area contributed by atoms with Crippen LogP contribution in [0.1, 0.15) is 17.5 Å². The first-order chi connectivity index (χ1) is 9.34. The van der Waals surface area contributed by atoms with Crippen molar-refractivity contribution in [2.75, 3.05) is 5.32 Å². The van der Waals surface area contributed by atoms with E-state index in [2.05, 4.69) is 15.5 Å². The Hall–Kier alpha value is -1.70. The van der Waals surface area contributed by atoms with E-state index in [0.29, 0.717) is 17.8 Å². The van der Waals surface area contributed by atoms with Crippen LogP contribution in [0.4, 0.5) is 22.7 Å². The van der Waals surface area contributed by atoms with Crippen molar-refractivity contribution >= 4 is 16.5 Å². The first-order valence-corrected chi connectivity index (χ1v) is 6.58. The fourth-order valence-electron chi connectivity index (χ4n) is 1.63. The van der Waals surface area contributed by atoms with Crippen LogP contribution in [0.25, 0.3) is 0 Å². The molecule has 0 amide bonds. The number of benzene rings is 1. The third-order valence-electron chi connectivity index (χ3n) is 2.49. The number of hydrogen-bond donors (Lipinski definition) is 1. The lowest BCUT2D eigenvalue weighted by Crippen LogP contribution is -2.17. The van der Waals surface area contributed by atoms with Crippen LogP contribution in [0.5, 0.6) is 0 Å². The molecule has 0 bridgehead atoms. The van der Waals surface area contributed by atoms with Crippen molar-refractivity contribution in [3.8, 4) is 0 Å². The molecule has 0 radical (unpaired) electrons. The van der Waals surface area contributed by atoms with Crippen LogP contribution in [-0.2, 0) is 12.6 Å². The molecule has 0 saturated heterocycles. The molecule has 3 nitrogen and oxygen atoms in total. The summed E-state index contributed by atoms with van der Waals surface area (Å²) in [5, 5.41) is 8.53. The quantitative estimate of drug-likeness (QED) is 0.874. The van der Waals surface area contributed by atoms with Gasteiger partial charge in [-0.05, 0) is 31.0 Å². The molecule has 0 aliphatic carbocycles. The minimum Gasteiger partial charge on any atom is -0.357 e. The van der Waals surface area contributed by atoms with Crippen LogP contribution in [0.2, 0.25) is 0 Å². The SMILES string of the molecule is CC(Cc1ccc(F)cc1)Nc1nnc(C(F)(F)F)s1. The van der Waals surface area contributed by atoms with E-state index in [9.17, 15) is 17.6 Å². The van der Waals surface area contributed by atoms with Crippen molar-refractivity contribution in [2.24, 2.45) is 0 Å². The molecule has 0 fully saturated rings. The largest absolute Gasteiger partial charge is 0.445 e. The van der Waals surface area contributed by atoms with E-state index >= 15 is 0 Å². The maximum Gasteiger partial charge on any atom is 0.445 e. The van der Waals surface area contributed by atoms with Gasteiger partial charge in [0.2, 0.25) is 10.1 Å². The summed E-state index contributed by atoms with van der Waals surface area (Å²) in [5.74, 6) is -0.326. The zero-order chi connectivity index (χ0) is 14.8. The highest BCUT2D eigenvalue weighted by molar-refractivity contribution is 7.15. The molecule has 1 atom stereocenters. The van der Waals surface area contributed by atoms with E-state index in [1.165, 1.54) is 12.1 Å². The Balaban J connectivity index is 1.96. The highest BCUT2D eigenvalue weighted by Crippen LogP contribution is 2.33. The maximum absolute atomic E-state index is 12.7. The van der Waals surface area contributed by atoms with Crippen LogP contribution < -0.4 is 5.32 Å². The van der Waals surface area contributed by atoms with Crippen LogP contribution in [-0.4, -0.2) is 16.2 Å². The van der Waals surface area contributed by atoms with E-state index in [0.717, 1.165) is 5.56 Å². The average molecular weight is 305 g/mol. The number of hydrogen-bond acceptors (Lipinski definition) is 4. The normalized spacial score (nSPS) is 13.2. The molecule has 2 rings (SSSR count). The number of nitrogens with one attached hydrogen (secondary N) is 1. The van der Waals surface area contributed by atoms with Crippen molar-refractivity contribution in [3.05, 3.63) is 40.7 Å². The summed E-state index contributed by atoms with van der Waals surface area (Å²) < 4.78 is 49.9. The Kier molecular flexibility index (Phi) is 4.22. The fraction of sp³-hybridized carbons (Fsp3) is 0.333. The second-order valence-electron chi connectivity index (χ2n) is 4.29. The van der Waals surface area contributed by atoms with Crippen LogP contribution >= 0.6 is 11.3 Å². The van der Waals surface area contributed by atoms with Crippen LogP contribution in [0.15, 0.2) is 24.3 Å². The first kappa shape index (κ1) is 14.7.